The largest absolute Gasteiger partial charge is 0.497 e. The fourth-order valence-electron chi connectivity index (χ4n) is 1.08. The summed E-state index contributed by atoms with van der Waals surface area (Å²) in [5.74, 6) is 0.803. The summed E-state index contributed by atoms with van der Waals surface area (Å²) in [5, 5.41) is 0.521. The van der Waals surface area contributed by atoms with Crippen LogP contribution in [0.25, 0.3) is 0 Å². The molecule has 0 saturated carbocycles. The molecular formula is C10H7Cl2NOS2. The van der Waals surface area contributed by atoms with Crippen LogP contribution in [-0.4, -0.2) is 7.11 Å². The van der Waals surface area contributed by atoms with Crippen molar-refractivity contribution in [2.24, 2.45) is 4.99 Å². The molecule has 0 aliphatic heterocycles. The van der Waals surface area contributed by atoms with Crippen molar-refractivity contribution >= 4 is 49.6 Å². The van der Waals surface area contributed by atoms with E-state index in [0.29, 0.717) is 9.36 Å². The van der Waals surface area contributed by atoms with Crippen molar-refractivity contribution in [1.29, 1.82) is 0 Å². The second-order valence-corrected chi connectivity index (χ2v) is 5.98. The highest BCUT2D eigenvalue weighted by Gasteiger charge is 2.03. The van der Waals surface area contributed by atoms with Gasteiger partial charge >= 0.3 is 0 Å². The zero-order chi connectivity index (χ0) is 11.5. The molecule has 0 saturated heterocycles. The van der Waals surface area contributed by atoms with E-state index >= 15 is 0 Å². The molecule has 0 N–H and O–H groups in total. The van der Waals surface area contributed by atoms with E-state index in [1.165, 1.54) is 20.7 Å². The first-order valence-corrected chi connectivity index (χ1v) is 7.24. The summed E-state index contributed by atoms with van der Waals surface area (Å²) in [7, 11) is 4.50. The van der Waals surface area contributed by atoms with E-state index in [1.54, 1.807) is 7.11 Å². The summed E-state index contributed by atoms with van der Waals surface area (Å²) in [6, 6.07) is 7.44. The van der Waals surface area contributed by atoms with Gasteiger partial charge in [0.25, 0.3) is 0 Å². The number of halogens is 2. The number of nitrogens with zero attached hydrogens (tertiary/aromatic N) is 1. The molecule has 0 aliphatic carbocycles. The second-order valence-electron chi connectivity index (χ2n) is 2.87. The van der Waals surface area contributed by atoms with Gasteiger partial charge in [0.05, 0.1) is 12.8 Å². The monoisotopic (exact) mass is 291 g/mol. The molecule has 1 heterocycles. The topological polar surface area (TPSA) is 21.6 Å². The Hall–Kier alpha value is -0.550. The Balaban J connectivity index is 2.39. The molecule has 0 bridgehead atoms. The normalized spacial score (nSPS) is 11.8. The fraction of sp³-hybridized carbons (Fsp3) is 0.100. The predicted octanol–water partition coefficient (Wildman–Crippen LogP) is 4.36. The van der Waals surface area contributed by atoms with Crippen LogP contribution < -0.4 is 9.41 Å². The third-order valence-electron chi connectivity index (χ3n) is 1.86. The van der Waals surface area contributed by atoms with Crippen molar-refractivity contribution in [3.05, 3.63) is 38.3 Å². The molecule has 0 amide bonds. The van der Waals surface area contributed by atoms with Crippen LogP contribution in [0.2, 0.25) is 9.36 Å². The molecule has 0 atom stereocenters. The molecule has 0 radical (unpaired) electrons. The quantitative estimate of drug-likeness (QED) is 0.754. The van der Waals surface area contributed by atoms with Crippen molar-refractivity contribution < 1.29 is 4.74 Å². The number of hydrogen-bond acceptors (Lipinski definition) is 4. The summed E-state index contributed by atoms with van der Waals surface area (Å²) >= 11 is 11.8. The lowest BCUT2D eigenvalue weighted by atomic mass is 10.3. The van der Waals surface area contributed by atoms with Gasteiger partial charge in [-0.1, -0.05) is 43.9 Å². The fourth-order valence-corrected chi connectivity index (χ4v) is 3.82. The molecule has 6 heteroatoms. The number of methoxy groups -OCH3 is 1. The van der Waals surface area contributed by atoms with Gasteiger partial charge in [0, 0.05) is 0 Å². The van der Waals surface area contributed by atoms with Crippen LogP contribution >= 0.6 is 43.9 Å². The summed E-state index contributed by atoms with van der Waals surface area (Å²) < 4.78 is 6.38. The highest BCUT2D eigenvalue weighted by atomic mass is 35.5. The molecule has 1 aromatic heterocycles. The van der Waals surface area contributed by atoms with E-state index in [2.05, 4.69) is 4.99 Å². The van der Waals surface area contributed by atoms with Crippen molar-refractivity contribution in [1.82, 2.24) is 0 Å². The van der Waals surface area contributed by atoms with Gasteiger partial charge in [-0.25, -0.2) is 4.99 Å². The Morgan fingerprint density at radius 2 is 1.81 bits per heavy atom. The Bertz CT molecular complexity index is 545. The van der Waals surface area contributed by atoms with Gasteiger partial charge in [0.1, 0.15) is 19.8 Å². The molecule has 2 rings (SSSR count). The van der Waals surface area contributed by atoms with Crippen LogP contribution in [0, 0.1) is 0 Å². The molecule has 2 aromatic rings. The molecule has 16 heavy (non-hydrogen) atoms. The highest BCUT2D eigenvalue weighted by molar-refractivity contribution is 7.69. The Morgan fingerprint density at radius 1 is 1.12 bits per heavy atom. The van der Waals surface area contributed by atoms with E-state index in [4.69, 9.17) is 27.9 Å². The summed E-state index contributed by atoms with van der Waals surface area (Å²) in [5.41, 5.74) is 0.827. The maximum atomic E-state index is 5.99. The van der Waals surface area contributed by atoms with Crippen LogP contribution in [0.15, 0.2) is 29.3 Å². The molecule has 0 unspecified atom stereocenters. The number of benzene rings is 1. The van der Waals surface area contributed by atoms with Crippen molar-refractivity contribution in [2.45, 2.75) is 0 Å². The zero-order valence-electron chi connectivity index (χ0n) is 8.24. The van der Waals surface area contributed by atoms with Gasteiger partial charge in [0.2, 0.25) is 0 Å². The van der Waals surface area contributed by atoms with Crippen molar-refractivity contribution in [3.63, 3.8) is 0 Å². The Labute approximate surface area is 110 Å². The lowest BCUT2D eigenvalue weighted by molar-refractivity contribution is 0.415. The molecule has 0 fully saturated rings. The number of ether oxygens (including phenoxy) is 1. The van der Waals surface area contributed by atoms with Crippen LogP contribution in [-0.2, 0) is 0 Å². The molecule has 84 valence electrons. The van der Waals surface area contributed by atoms with Gasteiger partial charge in [-0.3, -0.25) is 0 Å². The van der Waals surface area contributed by atoms with Crippen LogP contribution in [0.3, 0.4) is 0 Å². The minimum atomic E-state index is 0.521. The summed E-state index contributed by atoms with van der Waals surface area (Å²) in [6.07, 6.45) is 0. The lowest BCUT2D eigenvalue weighted by Crippen LogP contribution is -1.91. The van der Waals surface area contributed by atoms with Crippen LogP contribution in [0.1, 0.15) is 0 Å². The first-order valence-electron chi connectivity index (χ1n) is 4.33. The molecule has 1 aromatic carbocycles. The third-order valence-corrected chi connectivity index (χ3v) is 5.35. The van der Waals surface area contributed by atoms with Gasteiger partial charge in [-0.2, -0.15) is 0 Å². The summed E-state index contributed by atoms with van der Waals surface area (Å²) in [6.45, 7) is 0. The molecular weight excluding hydrogens is 285 g/mol. The number of rotatable bonds is 2. The average molecular weight is 292 g/mol. The van der Waals surface area contributed by atoms with E-state index in [1.807, 2.05) is 24.3 Å². The van der Waals surface area contributed by atoms with Gasteiger partial charge < -0.3 is 4.74 Å². The maximum absolute atomic E-state index is 5.99. The highest BCUT2D eigenvalue weighted by Crippen LogP contribution is 2.27. The minimum absolute atomic E-state index is 0.521. The predicted molar refractivity (Wildman–Crippen MR) is 70.4 cm³/mol. The minimum Gasteiger partial charge on any atom is -0.497 e. The summed E-state index contributed by atoms with van der Waals surface area (Å²) in [4.78, 5) is 4.39. The third kappa shape index (κ3) is 2.58. The first-order chi connectivity index (χ1) is 7.70. The molecule has 0 aliphatic rings. The zero-order valence-corrected chi connectivity index (χ0v) is 11.4. The van der Waals surface area contributed by atoms with Gasteiger partial charge in [-0.15, -0.1) is 0 Å². The Kier molecular flexibility index (Phi) is 3.86. The van der Waals surface area contributed by atoms with Crippen molar-refractivity contribution in [2.75, 3.05) is 7.11 Å². The van der Waals surface area contributed by atoms with E-state index in [-0.39, 0.29) is 0 Å². The lowest BCUT2D eigenvalue weighted by Gasteiger charge is -1.98. The van der Waals surface area contributed by atoms with Gasteiger partial charge in [0.15, 0.2) is 0 Å². The average Bonchev–Trinajstić information content (AvgIpc) is 2.62. The standard InChI is InChI=1S/C10H7Cl2NOS2/c1-14-7-4-2-6(3-5-7)13-10-8(11)9(12)15-16-10/h2-5H,1H3. The van der Waals surface area contributed by atoms with Crippen LogP contribution in [0.4, 0.5) is 5.69 Å². The van der Waals surface area contributed by atoms with E-state index < -0.39 is 0 Å². The smallest absolute Gasteiger partial charge is 0.147 e. The molecule has 0 spiro atoms. The Morgan fingerprint density at radius 3 is 2.31 bits per heavy atom. The van der Waals surface area contributed by atoms with Crippen LogP contribution in [0.5, 0.6) is 5.75 Å². The van der Waals surface area contributed by atoms with Crippen molar-refractivity contribution in [3.8, 4) is 5.75 Å². The SMILES string of the molecule is COc1ccc(N=c2ssc(Cl)c2Cl)cc1. The number of hydrogen-bond donors (Lipinski definition) is 0. The second kappa shape index (κ2) is 5.19. The maximum Gasteiger partial charge on any atom is 0.147 e. The first kappa shape index (κ1) is 11.9. The molecule has 2 nitrogen and oxygen atoms in total. The van der Waals surface area contributed by atoms with E-state index in [9.17, 15) is 0 Å². The van der Waals surface area contributed by atoms with E-state index in [0.717, 1.165) is 16.1 Å². The van der Waals surface area contributed by atoms with Gasteiger partial charge in [-0.05, 0) is 24.3 Å².